The Bertz CT molecular complexity index is 624. The summed E-state index contributed by atoms with van der Waals surface area (Å²) < 4.78 is 29.2. The zero-order valence-corrected chi connectivity index (χ0v) is 17.3. The van der Waals surface area contributed by atoms with Gasteiger partial charge in [0.2, 0.25) is 5.91 Å². The van der Waals surface area contributed by atoms with Gasteiger partial charge in [0.05, 0.1) is 5.92 Å². The third-order valence-electron chi connectivity index (χ3n) is 6.10. The SMILES string of the molecule is O=C(NCCC1=CCCCC1)C1CCCN(S(=O)(=O)N2CCCCCC2)C1. The molecule has 154 valence electrons. The molecule has 0 aromatic carbocycles. The van der Waals surface area contributed by atoms with E-state index in [-0.39, 0.29) is 11.8 Å². The Morgan fingerprint density at radius 1 is 1.00 bits per heavy atom. The van der Waals surface area contributed by atoms with E-state index in [1.165, 1.54) is 18.4 Å². The topological polar surface area (TPSA) is 69.7 Å². The number of amides is 1. The minimum atomic E-state index is -3.43. The standard InChI is InChI=1S/C20H35N3O3S/c24-20(21-13-12-18-9-4-3-5-10-18)19-11-8-16-23(17-19)27(25,26)22-14-6-1-2-7-15-22/h9,19H,1-8,10-17H2,(H,21,24). The zero-order chi connectivity index (χ0) is 19.1. The lowest BCUT2D eigenvalue weighted by atomic mass is 9.96. The van der Waals surface area contributed by atoms with E-state index in [9.17, 15) is 13.2 Å². The van der Waals surface area contributed by atoms with E-state index in [4.69, 9.17) is 0 Å². The second-order valence-corrected chi connectivity index (χ2v) is 10.1. The van der Waals surface area contributed by atoms with Crippen molar-refractivity contribution in [3.63, 3.8) is 0 Å². The van der Waals surface area contributed by atoms with Crippen LogP contribution in [-0.4, -0.2) is 55.7 Å². The number of nitrogens with zero attached hydrogens (tertiary/aromatic N) is 2. The minimum Gasteiger partial charge on any atom is -0.356 e. The smallest absolute Gasteiger partial charge is 0.281 e. The Morgan fingerprint density at radius 3 is 2.44 bits per heavy atom. The number of hydrogen-bond acceptors (Lipinski definition) is 3. The Hall–Kier alpha value is -0.920. The fourth-order valence-corrected chi connectivity index (χ4v) is 6.20. The lowest BCUT2D eigenvalue weighted by Crippen LogP contribution is -2.50. The van der Waals surface area contributed by atoms with E-state index in [0.29, 0.717) is 32.7 Å². The van der Waals surface area contributed by atoms with Gasteiger partial charge in [0.25, 0.3) is 10.2 Å². The van der Waals surface area contributed by atoms with Crippen LogP contribution in [0.5, 0.6) is 0 Å². The second kappa shape index (κ2) is 10.0. The van der Waals surface area contributed by atoms with Crippen LogP contribution in [-0.2, 0) is 15.0 Å². The normalized spacial score (nSPS) is 26.2. The molecule has 3 rings (SSSR count). The van der Waals surface area contributed by atoms with E-state index in [2.05, 4.69) is 11.4 Å². The Labute approximate surface area is 164 Å². The van der Waals surface area contributed by atoms with Gasteiger partial charge < -0.3 is 5.32 Å². The summed E-state index contributed by atoms with van der Waals surface area (Å²) in [6, 6.07) is 0. The number of nitrogens with one attached hydrogen (secondary N) is 1. The first-order valence-corrected chi connectivity index (χ1v) is 12.2. The molecule has 0 saturated carbocycles. The minimum absolute atomic E-state index is 0.0159. The van der Waals surface area contributed by atoms with Crippen LogP contribution in [0.3, 0.4) is 0 Å². The van der Waals surface area contributed by atoms with Crippen LogP contribution in [0, 0.1) is 5.92 Å². The van der Waals surface area contributed by atoms with Gasteiger partial charge in [0.1, 0.15) is 0 Å². The second-order valence-electron chi connectivity index (χ2n) is 8.17. The molecular weight excluding hydrogens is 362 g/mol. The van der Waals surface area contributed by atoms with Crippen molar-refractivity contribution in [2.24, 2.45) is 5.92 Å². The van der Waals surface area contributed by atoms with E-state index in [0.717, 1.165) is 57.8 Å². The third-order valence-corrected chi connectivity index (χ3v) is 8.10. The van der Waals surface area contributed by atoms with Crippen molar-refractivity contribution in [3.8, 4) is 0 Å². The molecule has 27 heavy (non-hydrogen) atoms. The van der Waals surface area contributed by atoms with Crippen LogP contribution < -0.4 is 5.32 Å². The molecule has 2 saturated heterocycles. The highest BCUT2D eigenvalue weighted by Crippen LogP contribution is 2.24. The highest BCUT2D eigenvalue weighted by Gasteiger charge is 2.35. The van der Waals surface area contributed by atoms with Gasteiger partial charge in [0.15, 0.2) is 0 Å². The van der Waals surface area contributed by atoms with Gasteiger partial charge in [0, 0.05) is 32.7 Å². The Balaban J connectivity index is 1.50. The fourth-order valence-electron chi connectivity index (χ4n) is 4.42. The molecule has 1 aliphatic carbocycles. The monoisotopic (exact) mass is 397 g/mol. The van der Waals surface area contributed by atoms with Crippen molar-refractivity contribution in [2.75, 3.05) is 32.7 Å². The summed E-state index contributed by atoms with van der Waals surface area (Å²) >= 11 is 0. The lowest BCUT2D eigenvalue weighted by molar-refractivity contribution is -0.126. The maximum absolute atomic E-state index is 13.0. The summed E-state index contributed by atoms with van der Waals surface area (Å²) in [7, 11) is -3.43. The van der Waals surface area contributed by atoms with Crippen molar-refractivity contribution < 1.29 is 13.2 Å². The van der Waals surface area contributed by atoms with E-state index in [1.54, 1.807) is 8.61 Å². The molecule has 0 spiro atoms. The summed E-state index contributed by atoms with van der Waals surface area (Å²) in [5.74, 6) is -0.206. The molecule has 2 fully saturated rings. The van der Waals surface area contributed by atoms with Gasteiger partial charge in [-0.05, 0) is 57.8 Å². The van der Waals surface area contributed by atoms with Crippen molar-refractivity contribution in [2.45, 2.75) is 70.6 Å². The van der Waals surface area contributed by atoms with Crippen LogP contribution in [0.15, 0.2) is 11.6 Å². The predicted octanol–water partition coefficient (Wildman–Crippen LogP) is 2.83. The molecule has 2 aliphatic heterocycles. The quantitative estimate of drug-likeness (QED) is 0.701. The number of rotatable bonds is 6. The number of carbonyl (C=O) groups excluding carboxylic acids is 1. The molecule has 0 bridgehead atoms. The number of carbonyl (C=O) groups is 1. The van der Waals surface area contributed by atoms with Crippen molar-refractivity contribution >= 4 is 16.1 Å². The average Bonchev–Trinajstić information content (AvgIpc) is 2.99. The zero-order valence-electron chi connectivity index (χ0n) is 16.5. The first kappa shape index (κ1) is 20.8. The first-order valence-electron chi connectivity index (χ1n) is 10.8. The molecule has 0 aromatic rings. The molecule has 2 heterocycles. The molecule has 1 N–H and O–H groups in total. The molecule has 1 amide bonds. The molecule has 0 aromatic heterocycles. The molecule has 3 aliphatic rings. The third kappa shape index (κ3) is 5.78. The Kier molecular flexibility index (Phi) is 7.73. The Morgan fingerprint density at radius 2 is 1.74 bits per heavy atom. The summed E-state index contributed by atoms with van der Waals surface area (Å²) in [4.78, 5) is 12.6. The molecular formula is C20H35N3O3S. The largest absolute Gasteiger partial charge is 0.356 e. The van der Waals surface area contributed by atoms with E-state index >= 15 is 0 Å². The van der Waals surface area contributed by atoms with Gasteiger partial charge in [-0.1, -0.05) is 24.5 Å². The highest BCUT2D eigenvalue weighted by molar-refractivity contribution is 7.86. The number of hydrogen-bond donors (Lipinski definition) is 1. The van der Waals surface area contributed by atoms with Crippen molar-refractivity contribution in [1.82, 2.24) is 13.9 Å². The van der Waals surface area contributed by atoms with Crippen LogP contribution in [0.25, 0.3) is 0 Å². The molecule has 0 radical (unpaired) electrons. The van der Waals surface area contributed by atoms with Gasteiger partial charge in [-0.25, -0.2) is 0 Å². The highest BCUT2D eigenvalue weighted by atomic mass is 32.2. The van der Waals surface area contributed by atoms with Crippen LogP contribution in [0.1, 0.15) is 70.6 Å². The van der Waals surface area contributed by atoms with E-state index in [1.807, 2.05) is 0 Å². The summed E-state index contributed by atoms with van der Waals surface area (Å²) in [5, 5.41) is 3.05. The first-order chi connectivity index (χ1) is 13.1. The number of allylic oxidation sites excluding steroid dienone is 1. The summed E-state index contributed by atoms with van der Waals surface area (Å²) in [5.41, 5.74) is 1.45. The summed E-state index contributed by atoms with van der Waals surface area (Å²) in [6.45, 7) is 2.76. The average molecular weight is 398 g/mol. The maximum Gasteiger partial charge on any atom is 0.281 e. The van der Waals surface area contributed by atoms with Crippen LogP contribution in [0.2, 0.25) is 0 Å². The lowest BCUT2D eigenvalue weighted by Gasteiger charge is -2.34. The summed E-state index contributed by atoms with van der Waals surface area (Å²) in [6.07, 6.45) is 13.7. The molecule has 1 unspecified atom stereocenters. The molecule has 6 nitrogen and oxygen atoms in total. The number of piperidine rings is 1. The maximum atomic E-state index is 13.0. The molecule has 7 heteroatoms. The van der Waals surface area contributed by atoms with Crippen molar-refractivity contribution in [1.29, 1.82) is 0 Å². The van der Waals surface area contributed by atoms with Gasteiger partial charge in [-0.3, -0.25) is 4.79 Å². The van der Waals surface area contributed by atoms with Crippen molar-refractivity contribution in [3.05, 3.63) is 11.6 Å². The van der Waals surface area contributed by atoms with Gasteiger partial charge in [-0.15, -0.1) is 0 Å². The van der Waals surface area contributed by atoms with Crippen LogP contribution in [0.4, 0.5) is 0 Å². The molecule has 1 atom stereocenters. The van der Waals surface area contributed by atoms with E-state index < -0.39 is 10.2 Å². The van der Waals surface area contributed by atoms with Gasteiger partial charge >= 0.3 is 0 Å². The van der Waals surface area contributed by atoms with Crippen LogP contribution >= 0.6 is 0 Å². The van der Waals surface area contributed by atoms with Gasteiger partial charge in [-0.2, -0.15) is 17.0 Å². The fraction of sp³-hybridized carbons (Fsp3) is 0.850. The predicted molar refractivity (Wildman–Crippen MR) is 107 cm³/mol.